The average molecular weight is 916 g/mol. The van der Waals surface area contributed by atoms with Crippen molar-refractivity contribution in [1.29, 1.82) is 0 Å². The summed E-state index contributed by atoms with van der Waals surface area (Å²) >= 11 is 0. The molecule has 5 atom stereocenters. The van der Waals surface area contributed by atoms with E-state index < -0.39 is 83.8 Å². The summed E-state index contributed by atoms with van der Waals surface area (Å²) in [6.07, 6.45) is 7.65. The Hall–Kier alpha value is 0.750. The average Bonchev–Trinajstić information content (AvgIpc) is 3.05. The third-order valence-electron chi connectivity index (χ3n) is 9.17. The molecule has 0 bridgehead atoms. The maximum atomic E-state index is 11.1. The number of ether oxygens (including phenoxy) is 1. The van der Waals surface area contributed by atoms with E-state index in [-0.39, 0.29) is 19.4 Å². The van der Waals surface area contributed by atoms with Gasteiger partial charge in [-0.3, -0.25) is 22.8 Å². The van der Waals surface area contributed by atoms with E-state index in [9.17, 15) is 18.3 Å². The van der Waals surface area contributed by atoms with Crippen molar-refractivity contribution in [2.24, 2.45) is 35.5 Å². The van der Waals surface area contributed by atoms with Crippen LogP contribution in [0.15, 0.2) is 0 Å². The molecule has 0 aromatic heterocycles. The summed E-state index contributed by atoms with van der Waals surface area (Å²) in [6, 6.07) is 1.11. The summed E-state index contributed by atoms with van der Waals surface area (Å²) in [4.78, 5) is 71.1. The minimum Gasteiger partial charge on any atom is -0.384 e. The van der Waals surface area contributed by atoms with Crippen molar-refractivity contribution in [2.75, 3.05) is 53.4 Å². The van der Waals surface area contributed by atoms with Gasteiger partial charge < -0.3 is 48.4 Å². The summed E-state index contributed by atoms with van der Waals surface area (Å²) in [5, 5.41) is 0. The molecule has 0 saturated carbocycles. The van der Waals surface area contributed by atoms with Gasteiger partial charge in [-0.1, -0.05) is 53.4 Å². The van der Waals surface area contributed by atoms with E-state index in [1.165, 1.54) is 45.6 Å². The van der Waals surface area contributed by atoms with Crippen LogP contribution in [0, 0.1) is 35.5 Å². The zero-order chi connectivity index (χ0) is 43.9. The Morgan fingerprint density at radius 3 is 1.07 bits per heavy atom. The van der Waals surface area contributed by atoms with Crippen molar-refractivity contribution < 1.29 is 84.8 Å². The first-order chi connectivity index (χ1) is 25.6. The number of phosphoric acid groups is 4. The van der Waals surface area contributed by atoms with Gasteiger partial charge in [-0.25, -0.2) is 18.3 Å². The lowest BCUT2D eigenvalue weighted by molar-refractivity contribution is 0.0606. The third kappa shape index (κ3) is 33.5. The largest absolute Gasteiger partial charge is 0.469 e. The Bertz CT molecular complexity index is 1160. The van der Waals surface area contributed by atoms with Gasteiger partial charge >= 0.3 is 31.3 Å². The highest BCUT2D eigenvalue weighted by Crippen LogP contribution is 2.44. The fourth-order valence-electron chi connectivity index (χ4n) is 6.46. The van der Waals surface area contributed by atoms with E-state index in [2.05, 4.69) is 84.8 Å². The van der Waals surface area contributed by atoms with Crippen LogP contribution in [0.3, 0.4) is 0 Å². The van der Waals surface area contributed by atoms with Crippen molar-refractivity contribution in [2.45, 2.75) is 119 Å². The van der Waals surface area contributed by atoms with Crippen LogP contribution in [-0.4, -0.2) is 109 Å². The molecule has 0 fully saturated rings. The maximum absolute atomic E-state index is 11.1. The standard InChI is InChI=1S/C21H46NOP.C11H28O17P4/c1-10-19(11-2)14-20(12-3)15-21(13-4)16-23-24(9)22(17(5)6)18(7)8;1-24-4-10(6-26-30(15,16)17)2-9(5-25-29(12,13)14)3-11(7-27-31(18,19)20)8-28-32(21,22)23/h17-21H,10-16H2,1-9H3;9-11H,2-8H2,1H3,(H2,12,13,14)(H2,15,16,17)(H2,18,19,20)(H2,21,22,23). The highest BCUT2D eigenvalue weighted by molar-refractivity contribution is 7.49. The maximum Gasteiger partial charge on any atom is 0.469 e. The van der Waals surface area contributed by atoms with E-state index in [1.807, 2.05) is 0 Å². The lowest BCUT2D eigenvalue weighted by Gasteiger charge is -2.36. The smallest absolute Gasteiger partial charge is 0.384 e. The van der Waals surface area contributed by atoms with Gasteiger partial charge in [-0.2, -0.15) is 0 Å². The van der Waals surface area contributed by atoms with Crippen LogP contribution < -0.4 is 0 Å². The number of phosphoric ester groups is 4. The van der Waals surface area contributed by atoms with Gasteiger partial charge in [0.05, 0.1) is 39.6 Å². The van der Waals surface area contributed by atoms with Crippen LogP contribution in [0.25, 0.3) is 0 Å². The molecule has 0 aliphatic carbocycles. The summed E-state index contributed by atoms with van der Waals surface area (Å²) in [5.41, 5.74) is 0. The van der Waals surface area contributed by atoms with Crippen molar-refractivity contribution in [3.8, 4) is 0 Å². The van der Waals surface area contributed by atoms with Crippen molar-refractivity contribution in [3.63, 3.8) is 0 Å². The summed E-state index contributed by atoms with van der Waals surface area (Å²) in [7, 11) is -18.9. The SMILES string of the molecule is CCC(CC)CC(CC)CC(CC)COP(C)N(C(C)C)C(C)C.COCC(COP(=O)(O)O)CC(COP(=O)(O)O)CC(COP(=O)(O)O)COP(=O)(O)O. The van der Waals surface area contributed by atoms with E-state index in [1.54, 1.807) is 0 Å². The molecule has 8 N–H and O–H groups in total. The monoisotopic (exact) mass is 915 g/mol. The van der Waals surface area contributed by atoms with Gasteiger partial charge in [0.2, 0.25) is 0 Å². The van der Waals surface area contributed by atoms with Crippen molar-refractivity contribution in [1.82, 2.24) is 4.67 Å². The second-order valence-electron chi connectivity index (χ2n) is 14.7. The van der Waals surface area contributed by atoms with E-state index in [0.717, 1.165) is 24.4 Å². The van der Waals surface area contributed by atoms with Gasteiger partial charge in [-0.05, 0) is 83.7 Å². The molecule has 56 heavy (non-hydrogen) atoms. The van der Waals surface area contributed by atoms with Crippen molar-refractivity contribution >= 4 is 39.6 Å². The van der Waals surface area contributed by atoms with Gasteiger partial charge in [0.25, 0.3) is 0 Å². The van der Waals surface area contributed by atoms with Crippen LogP contribution in [0.1, 0.15) is 107 Å². The molecule has 0 heterocycles. The molecule has 19 nitrogen and oxygen atoms in total. The number of hydrogen-bond acceptors (Lipinski definition) is 11. The summed E-state index contributed by atoms with van der Waals surface area (Å²) in [5.74, 6) is -0.202. The zero-order valence-corrected chi connectivity index (χ0v) is 39.3. The van der Waals surface area contributed by atoms with E-state index in [0.29, 0.717) is 12.1 Å². The molecule has 5 unspecified atom stereocenters. The molecule has 0 aliphatic rings. The van der Waals surface area contributed by atoms with E-state index >= 15 is 0 Å². The van der Waals surface area contributed by atoms with Crippen LogP contribution >= 0.6 is 39.6 Å². The minimum absolute atomic E-state index is 0.0871. The highest BCUT2D eigenvalue weighted by Gasteiger charge is 2.30. The lowest BCUT2D eigenvalue weighted by Crippen LogP contribution is -2.33. The number of hydrogen-bond donors (Lipinski definition) is 8. The first-order valence-electron chi connectivity index (χ1n) is 19.0. The third-order valence-corrected chi connectivity index (χ3v) is 13.2. The predicted molar refractivity (Wildman–Crippen MR) is 215 cm³/mol. The molecular weight excluding hydrogens is 841 g/mol. The Labute approximate surface area is 336 Å². The molecule has 340 valence electrons. The molecule has 0 rings (SSSR count). The van der Waals surface area contributed by atoms with Crippen LogP contribution in [0.5, 0.6) is 0 Å². The van der Waals surface area contributed by atoms with Gasteiger partial charge in [-0.15, -0.1) is 0 Å². The molecule has 0 spiro atoms. The first-order valence-corrected chi connectivity index (χ1v) is 26.8. The molecule has 0 saturated heterocycles. The summed E-state index contributed by atoms with van der Waals surface area (Å²) in [6.45, 7) is 19.0. The van der Waals surface area contributed by atoms with Crippen LogP contribution in [-0.2, 0) is 45.6 Å². The minimum atomic E-state index is -4.97. The molecule has 0 radical (unpaired) electrons. The quantitative estimate of drug-likeness (QED) is 0.0314. The topological polar surface area (TPSA) is 289 Å². The molecule has 0 aliphatic heterocycles. The number of methoxy groups -OCH3 is 1. The van der Waals surface area contributed by atoms with Crippen LogP contribution in [0.4, 0.5) is 0 Å². The number of nitrogens with zero attached hydrogens (tertiary/aromatic N) is 1. The predicted octanol–water partition coefficient (Wildman–Crippen LogP) is 7.03. The summed E-state index contributed by atoms with van der Waals surface area (Å²) < 4.78 is 75.3. The molecule has 0 aromatic rings. The Morgan fingerprint density at radius 2 is 0.768 bits per heavy atom. The lowest BCUT2D eigenvalue weighted by atomic mass is 9.83. The Kier molecular flexibility index (Phi) is 31.4. The first kappa shape index (κ1) is 58.8. The molecular formula is C32H74NO18P5. The highest BCUT2D eigenvalue weighted by atomic mass is 31.2. The fraction of sp³-hybridized carbons (Fsp3) is 1.00. The molecule has 0 aromatic carbocycles. The van der Waals surface area contributed by atoms with Gasteiger partial charge in [0.1, 0.15) is 8.30 Å². The second-order valence-corrected chi connectivity index (χ2v) is 21.3. The second kappa shape index (κ2) is 29.9. The Balaban J connectivity index is 0. The fourth-order valence-corrected chi connectivity index (χ4v) is 9.94. The van der Waals surface area contributed by atoms with E-state index in [4.69, 9.17) is 48.4 Å². The van der Waals surface area contributed by atoms with Gasteiger partial charge in [0.15, 0.2) is 0 Å². The normalized spacial score (nSPS) is 16.1. The zero-order valence-electron chi connectivity index (χ0n) is 34.9. The van der Waals surface area contributed by atoms with Crippen molar-refractivity contribution in [3.05, 3.63) is 0 Å². The molecule has 0 amide bonds. The molecule has 24 heteroatoms. The van der Waals surface area contributed by atoms with Crippen LogP contribution in [0.2, 0.25) is 0 Å². The number of rotatable bonds is 32. The van der Waals surface area contributed by atoms with Gasteiger partial charge in [0, 0.05) is 31.0 Å². The Morgan fingerprint density at radius 1 is 0.464 bits per heavy atom.